The van der Waals surface area contributed by atoms with Crippen molar-refractivity contribution in [2.24, 2.45) is 0 Å². The van der Waals surface area contributed by atoms with Gasteiger partial charge in [-0.15, -0.1) is 0 Å². The Bertz CT molecular complexity index is 954. The molecule has 6 amide bonds. The van der Waals surface area contributed by atoms with Crippen molar-refractivity contribution in [2.75, 3.05) is 20.0 Å². The van der Waals surface area contributed by atoms with Crippen molar-refractivity contribution in [1.29, 1.82) is 0 Å². The van der Waals surface area contributed by atoms with E-state index in [1.165, 1.54) is 0 Å². The highest BCUT2D eigenvalue weighted by Gasteiger charge is 2.20. The van der Waals surface area contributed by atoms with Crippen molar-refractivity contribution in [3.05, 3.63) is 35.4 Å². The fraction of sp³-hybridized carbons (Fsp3) is 0.429. The summed E-state index contributed by atoms with van der Waals surface area (Å²) in [5.41, 5.74) is 2.04. The molecule has 1 rings (SSSR count). The zero-order chi connectivity index (χ0) is 27.3. The van der Waals surface area contributed by atoms with Crippen LogP contribution in [0.3, 0.4) is 0 Å². The largest absolute Gasteiger partial charge is 0.336 e. The molecule has 0 atom stereocenters. The van der Waals surface area contributed by atoms with Gasteiger partial charge in [-0.05, 0) is 18.9 Å². The Hall–Kier alpha value is -4.08. The third-order valence-electron chi connectivity index (χ3n) is 4.60. The second-order valence-corrected chi connectivity index (χ2v) is 7.62. The first-order chi connectivity index (χ1) is 16.9. The maximum Gasteiger partial charge on any atom is 0.257 e. The van der Waals surface area contributed by atoms with Gasteiger partial charge in [0.15, 0.2) is 0 Å². The molecule has 1 aromatic rings. The van der Waals surface area contributed by atoms with Gasteiger partial charge in [-0.1, -0.05) is 29.8 Å². The Morgan fingerprint density at radius 1 is 0.694 bits per heavy atom. The average molecular weight is 511 g/mol. The predicted octanol–water partition coefficient (Wildman–Crippen LogP) is -1.40. The summed E-state index contributed by atoms with van der Waals surface area (Å²) in [5, 5.41) is 35.2. The maximum atomic E-state index is 11.9. The standard InChI is InChI=1S/C21H30N6O9/c1-14-3-5-16(6-4-14)7-8-17(29)22-12-26(35)20(32)10-19(31)24-13-27(36)21(33)9-18(30)23-11-25(34)15(2)28/h3-6,34-36H,7-13H2,1-2H3,(H,22,29)(H,23,30)(H,24,31). The van der Waals surface area contributed by atoms with Gasteiger partial charge in [-0.2, -0.15) is 0 Å². The molecule has 0 heterocycles. The summed E-state index contributed by atoms with van der Waals surface area (Å²) in [6, 6.07) is 7.61. The Kier molecular flexibility index (Phi) is 12.5. The first kappa shape index (κ1) is 30.0. The quantitative estimate of drug-likeness (QED) is 0.0797. The van der Waals surface area contributed by atoms with Crippen LogP contribution >= 0.6 is 0 Å². The second kappa shape index (κ2) is 15.0. The topological polar surface area (TPSA) is 209 Å². The third kappa shape index (κ3) is 11.9. The molecule has 36 heavy (non-hydrogen) atoms. The Labute approximate surface area is 206 Å². The summed E-state index contributed by atoms with van der Waals surface area (Å²) < 4.78 is 0. The molecule has 15 heteroatoms. The van der Waals surface area contributed by atoms with E-state index in [1.54, 1.807) is 0 Å². The van der Waals surface area contributed by atoms with Crippen molar-refractivity contribution in [3.8, 4) is 0 Å². The molecule has 0 fully saturated rings. The van der Waals surface area contributed by atoms with Crippen LogP contribution in [0.15, 0.2) is 24.3 Å². The number of hydrogen-bond acceptors (Lipinski definition) is 9. The van der Waals surface area contributed by atoms with Gasteiger partial charge in [0.2, 0.25) is 23.6 Å². The number of aryl methyl sites for hydroxylation is 2. The van der Waals surface area contributed by atoms with Crippen LogP contribution in [0, 0.1) is 6.92 Å². The van der Waals surface area contributed by atoms with Crippen LogP contribution in [0.1, 0.15) is 37.3 Å². The number of rotatable bonds is 13. The van der Waals surface area contributed by atoms with Gasteiger partial charge in [0.1, 0.15) is 32.8 Å². The van der Waals surface area contributed by atoms with Crippen LogP contribution < -0.4 is 16.0 Å². The number of nitrogens with one attached hydrogen (secondary N) is 3. The minimum Gasteiger partial charge on any atom is -0.336 e. The number of carbonyl (C=O) groups excluding carboxylic acids is 6. The first-order valence-corrected chi connectivity index (χ1v) is 10.7. The lowest BCUT2D eigenvalue weighted by Crippen LogP contribution is -2.44. The lowest BCUT2D eigenvalue weighted by Gasteiger charge is -2.18. The van der Waals surface area contributed by atoms with Crippen LogP contribution in [0.2, 0.25) is 0 Å². The molecular weight excluding hydrogens is 480 g/mol. The third-order valence-corrected chi connectivity index (χ3v) is 4.60. The van der Waals surface area contributed by atoms with Gasteiger partial charge in [-0.3, -0.25) is 44.4 Å². The molecule has 0 aliphatic heterocycles. The van der Waals surface area contributed by atoms with E-state index in [9.17, 15) is 39.2 Å². The van der Waals surface area contributed by atoms with E-state index in [0.29, 0.717) is 6.42 Å². The van der Waals surface area contributed by atoms with Crippen molar-refractivity contribution < 1.29 is 44.4 Å². The molecule has 0 spiro atoms. The van der Waals surface area contributed by atoms with Gasteiger partial charge >= 0.3 is 0 Å². The molecular formula is C21H30N6O9. The molecule has 0 saturated heterocycles. The SMILES string of the molecule is CC(=O)N(O)CNC(=O)CC(=O)N(O)CNC(=O)CC(=O)N(O)CNC(=O)CCc1ccc(C)cc1. The van der Waals surface area contributed by atoms with Crippen molar-refractivity contribution >= 4 is 35.4 Å². The number of amides is 6. The first-order valence-electron chi connectivity index (χ1n) is 10.7. The second-order valence-electron chi connectivity index (χ2n) is 7.62. The molecule has 0 saturated carbocycles. The summed E-state index contributed by atoms with van der Waals surface area (Å²) in [7, 11) is 0. The number of nitrogens with zero attached hydrogens (tertiary/aromatic N) is 3. The molecule has 0 radical (unpaired) electrons. The van der Waals surface area contributed by atoms with E-state index in [1.807, 2.05) is 36.5 Å². The number of hydroxylamine groups is 6. The predicted molar refractivity (Wildman–Crippen MR) is 119 cm³/mol. The molecule has 6 N–H and O–H groups in total. The smallest absolute Gasteiger partial charge is 0.257 e. The van der Waals surface area contributed by atoms with E-state index in [4.69, 9.17) is 5.21 Å². The minimum absolute atomic E-state index is 0.00856. The van der Waals surface area contributed by atoms with Crippen molar-refractivity contribution in [3.63, 3.8) is 0 Å². The molecule has 0 unspecified atom stereocenters. The fourth-order valence-corrected chi connectivity index (χ4v) is 2.46. The molecule has 0 bridgehead atoms. The lowest BCUT2D eigenvalue weighted by atomic mass is 10.1. The highest BCUT2D eigenvalue weighted by molar-refractivity contribution is 5.98. The highest BCUT2D eigenvalue weighted by Crippen LogP contribution is 2.05. The summed E-state index contributed by atoms with van der Waals surface area (Å²) in [4.78, 5) is 69.7. The normalized spacial score (nSPS) is 10.1. The van der Waals surface area contributed by atoms with Crippen molar-refractivity contribution in [2.45, 2.75) is 39.5 Å². The van der Waals surface area contributed by atoms with Crippen LogP contribution in [-0.2, 0) is 35.2 Å². The van der Waals surface area contributed by atoms with Gasteiger partial charge in [0.25, 0.3) is 11.8 Å². The fourth-order valence-electron chi connectivity index (χ4n) is 2.46. The van der Waals surface area contributed by atoms with Crippen molar-refractivity contribution in [1.82, 2.24) is 31.1 Å². The average Bonchev–Trinajstić information content (AvgIpc) is 2.83. The van der Waals surface area contributed by atoms with E-state index in [0.717, 1.165) is 18.1 Å². The Balaban J connectivity index is 2.28. The molecule has 1 aromatic carbocycles. The molecule has 0 aromatic heterocycles. The number of hydrogen-bond donors (Lipinski definition) is 6. The molecule has 198 valence electrons. The summed E-state index contributed by atoms with van der Waals surface area (Å²) in [6.45, 7) is 1.10. The maximum absolute atomic E-state index is 11.9. The van der Waals surface area contributed by atoms with Gasteiger partial charge in [0, 0.05) is 13.3 Å². The van der Waals surface area contributed by atoms with Crippen LogP contribution in [0.25, 0.3) is 0 Å². The minimum atomic E-state index is -1.12. The number of benzene rings is 1. The van der Waals surface area contributed by atoms with Gasteiger partial charge in [-0.25, -0.2) is 15.2 Å². The lowest BCUT2D eigenvalue weighted by molar-refractivity contribution is -0.170. The zero-order valence-electron chi connectivity index (χ0n) is 19.9. The van der Waals surface area contributed by atoms with E-state index < -0.39 is 68.3 Å². The number of carbonyl (C=O) groups is 6. The van der Waals surface area contributed by atoms with Gasteiger partial charge < -0.3 is 16.0 Å². The van der Waals surface area contributed by atoms with Gasteiger partial charge in [0.05, 0.1) is 0 Å². The summed E-state index contributed by atoms with van der Waals surface area (Å²) in [6.07, 6.45) is -1.12. The van der Waals surface area contributed by atoms with Crippen LogP contribution in [0.4, 0.5) is 0 Å². The molecule has 0 aliphatic carbocycles. The summed E-state index contributed by atoms with van der Waals surface area (Å²) >= 11 is 0. The zero-order valence-corrected chi connectivity index (χ0v) is 19.9. The van der Waals surface area contributed by atoms with Crippen LogP contribution in [-0.4, -0.2) is 86.3 Å². The Morgan fingerprint density at radius 3 is 1.56 bits per heavy atom. The highest BCUT2D eigenvalue weighted by atomic mass is 16.5. The van der Waals surface area contributed by atoms with E-state index in [-0.39, 0.29) is 21.6 Å². The molecule has 0 aliphatic rings. The van der Waals surface area contributed by atoms with E-state index in [2.05, 4.69) is 10.6 Å². The monoisotopic (exact) mass is 510 g/mol. The molecule has 15 nitrogen and oxygen atoms in total. The summed E-state index contributed by atoms with van der Waals surface area (Å²) in [5.74, 6) is -5.22. The van der Waals surface area contributed by atoms with E-state index >= 15 is 0 Å². The Morgan fingerprint density at radius 2 is 1.11 bits per heavy atom. The van der Waals surface area contributed by atoms with Crippen LogP contribution in [0.5, 0.6) is 0 Å².